The first-order chi connectivity index (χ1) is 10.1. The van der Waals surface area contributed by atoms with Crippen LogP contribution in [0.25, 0.3) is 0 Å². The van der Waals surface area contributed by atoms with Gasteiger partial charge in [-0.2, -0.15) is 5.26 Å². The van der Waals surface area contributed by atoms with E-state index in [2.05, 4.69) is 17.2 Å². The van der Waals surface area contributed by atoms with E-state index < -0.39 is 0 Å². The number of aliphatic hydroxyl groups is 1. The summed E-state index contributed by atoms with van der Waals surface area (Å²) in [6, 6.07) is 8.27. The summed E-state index contributed by atoms with van der Waals surface area (Å²) in [5.74, 6) is 4.90. The van der Waals surface area contributed by atoms with Crippen molar-refractivity contribution >= 4 is 34.5 Å². The fourth-order valence-corrected chi connectivity index (χ4v) is 2.49. The van der Waals surface area contributed by atoms with Gasteiger partial charge in [-0.05, 0) is 24.3 Å². The average molecular weight is 317 g/mol. The van der Waals surface area contributed by atoms with Gasteiger partial charge in [0.25, 0.3) is 5.91 Å². The second-order valence-corrected chi connectivity index (χ2v) is 5.26. The van der Waals surface area contributed by atoms with Gasteiger partial charge in [-0.15, -0.1) is 11.3 Å². The molecule has 1 aromatic heterocycles. The highest BCUT2D eigenvalue weighted by atomic mass is 35.5. The SMILES string of the molecule is N#Cc1ccc(Cl)cc1NC(=O)c1csc(C#CCO)c1. The van der Waals surface area contributed by atoms with Crippen LogP contribution in [0, 0.1) is 23.2 Å². The number of nitrogens with one attached hydrogen (secondary N) is 1. The maximum atomic E-state index is 12.1. The molecule has 0 aliphatic heterocycles. The summed E-state index contributed by atoms with van der Waals surface area (Å²) in [6.45, 7) is -0.229. The number of hydrogen-bond acceptors (Lipinski definition) is 4. The molecule has 1 amide bonds. The minimum absolute atomic E-state index is 0.229. The van der Waals surface area contributed by atoms with Gasteiger partial charge < -0.3 is 10.4 Å². The summed E-state index contributed by atoms with van der Waals surface area (Å²) < 4.78 is 0. The molecule has 104 valence electrons. The molecule has 2 rings (SSSR count). The molecule has 2 aromatic rings. The molecule has 21 heavy (non-hydrogen) atoms. The van der Waals surface area contributed by atoms with Crippen molar-refractivity contribution < 1.29 is 9.90 Å². The van der Waals surface area contributed by atoms with Crippen molar-refractivity contribution in [3.63, 3.8) is 0 Å². The maximum absolute atomic E-state index is 12.1. The lowest BCUT2D eigenvalue weighted by Crippen LogP contribution is -2.11. The van der Waals surface area contributed by atoms with E-state index in [1.54, 1.807) is 23.6 Å². The molecule has 2 N–H and O–H groups in total. The highest BCUT2D eigenvalue weighted by molar-refractivity contribution is 7.10. The summed E-state index contributed by atoms with van der Waals surface area (Å²) >= 11 is 7.17. The first-order valence-corrected chi connectivity index (χ1v) is 7.09. The second kappa shape index (κ2) is 6.92. The maximum Gasteiger partial charge on any atom is 0.256 e. The Morgan fingerprint density at radius 3 is 2.95 bits per heavy atom. The van der Waals surface area contributed by atoms with Crippen LogP contribution in [0.2, 0.25) is 5.02 Å². The second-order valence-electron chi connectivity index (χ2n) is 3.92. The molecule has 0 atom stereocenters. The molecule has 1 heterocycles. The minimum atomic E-state index is -0.345. The van der Waals surface area contributed by atoms with Gasteiger partial charge in [0, 0.05) is 10.4 Å². The van der Waals surface area contributed by atoms with E-state index in [1.807, 2.05) is 6.07 Å². The van der Waals surface area contributed by atoms with Crippen LogP contribution in [0.1, 0.15) is 20.8 Å². The Bertz CT molecular complexity index is 781. The summed E-state index contributed by atoms with van der Waals surface area (Å²) in [7, 11) is 0. The van der Waals surface area contributed by atoms with E-state index in [0.29, 0.717) is 26.7 Å². The number of benzene rings is 1. The summed E-state index contributed by atoms with van der Waals surface area (Å²) in [6.07, 6.45) is 0. The Morgan fingerprint density at radius 2 is 2.24 bits per heavy atom. The van der Waals surface area contributed by atoms with Gasteiger partial charge in [0.2, 0.25) is 0 Å². The molecule has 0 unspecified atom stereocenters. The quantitative estimate of drug-likeness (QED) is 0.837. The third-order valence-electron chi connectivity index (χ3n) is 2.50. The molecule has 0 bridgehead atoms. The fraction of sp³-hybridized carbons (Fsp3) is 0.0667. The number of carbonyl (C=O) groups excluding carboxylic acids is 1. The molecular weight excluding hydrogens is 308 g/mol. The third kappa shape index (κ3) is 3.84. The summed E-state index contributed by atoms with van der Waals surface area (Å²) in [4.78, 5) is 12.8. The van der Waals surface area contributed by atoms with Gasteiger partial charge in [0.15, 0.2) is 0 Å². The van der Waals surface area contributed by atoms with Crippen LogP contribution >= 0.6 is 22.9 Å². The van der Waals surface area contributed by atoms with Crippen molar-refractivity contribution in [3.8, 4) is 17.9 Å². The zero-order chi connectivity index (χ0) is 15.2. The monoisotopic (exact) mass is 316 g/mol. The van der Waals surface area contributed by atoms with Crippen molar-refractivity contribution in [2.24, 2.45) is 0 Å². The van der Waals surface area contributed by atoms with Gasteiger partial charge in [0.1, 0.15) is 12.7 Å². The predicted octanol–water partition coefficient (Wildman–Crippen LogP) is 2.87. The molecule has 0 saturated heterocycles. The van der Waals surface area contributed by atoms with E-state index in [1.165, 1.54) is 17.4 Å². The predicted molar refractivity (Wildman–Crippen MR) is 82.4 cm³/mol. The Morgan fingerprint density at radius 1 is 1.43 bits per heavy atom. The Hall–Kier alpha value is -2.31. The lowest BCUT2D eigenvalue weighted by Gasteiger charge is -2.06. The van der Waals surface area contributed by atoms with Crippen LogP contribution in [-0.2, 0) is 0 Å². The van der Waals surface area contributed by atoms with Crippen molar-refractivity contribution in [1.82, 2.24) is 0 Å². The number of nitriles is 1. The highest BCUT2D eigenvalue weighted by Gasteiger charge is 2.11. The van der Waals surface area contributed by atoms with Crippen LogP contribution in [0.15, 0.2) is 29.6 Å². The normalized spacial score (nSPS) is 9.38. The minimum Gasteiger partial charge on any atom is -0.384 e. The van der Waals surface area contributed by atoms with Crippen molar-refractivity contribution in [2.75, 3.05) is 11.9 Å². The van der Waals surface area contributed by atoms with Gasteiger partial charge in [-0.25, -0.2) is 0 Å². The van der Waals surface area contributed by atoms with Gasteiger partial charge >= 0.3 is 0 Å². The van der Waals surface area contributed by atoms with Crippen LogP contribution in [0.3, 0.4) is 0 Å². The highest BCUT2D eigenvalue weighted by Crippen LogP contribution is 2.22. The first-order valence-electron chi connectivity index (χ1n) is 5.83. The molecule has 0 spiro atoms. The Labute approximate surface area is 130 Å². The Balaban J connectivity index is 2.20. The van der Waals surface area contributed by atoms with Crippen molar-refractivity contribution in [1.29, 1.82) is 5.26 Å². The van der Waals surface area contributed by atoms with Gasteiger partial charge in [0.05, 0.1) is 21.7 Å². The number of nitrogens with zero attached hydrogens (tertiary/aromatic N) is 1. The van der Waals surface area contributed by atoms with Crippen molar-refractivity contribution in [2.45, 2.75) is 0 Å². The Kier molecular flexibility index (Phi) is 4.97. The number of thiophene rings is 1. The molecule has 0 saturated carbocycles. The van der Waals surface area contributed by atoms with E-state index in [9.17, 15) is 4.79 Å². The molecule has 0 aliphatic rings. The number of anilines is 1. The van der Waals surface area contributed by atoms with E-state index in [0.717, 1.165) is 0 Å². The topological polar surface area (TPSA) is 73.1 Å². The third-order valence-corrected chi connectivity index (χ3v) is 3.58. The summed E-state index contributed by atoms with van der Waals surface area (Å²) in [5, 5.41) is 22.4. The molecule has 4 nitrogen and oxygen atoms in total. The lowest BCUT2D eigenvalue weighted by molar-refractivity contribution is 0.102. The number of halogens is 1. The molecule has 1 aromatic carbocycles. The molecule has 0 aliphatic carbocycles. The number of hydrogen-bond donors (Lipinski definition) is 2. The molecule has 0 fully saturated rings. The zero-order valence-electron chi connectivity index (χ0n) is 10.7. The molecule has 6 heteroatoms. The van der Waals surface area contributed by atoms with Crippen LogP contribution in [-0.4, -0.2) is 17.6 Å². The standard InChI is InChI=1S/C15H9ClN2O2S/c16-12-4-3-10(8-17)14(7-12)18-15(20)11-6-13(21-9-11)2-1-5-19/h3-4,6-7,9,19H,5H2,(H,18,20). The molecular formula is C15H9ClN2O2S. The zero-order valence-corrected chi connectivity index (χ0v) is 12.3. The van der Waals surface area contributed by atoms with Gasteiger partial charge in [-0.3, -0.25) is 4.79 Å². The number of amides is 1. The van der Waals surface area contributed by atoms with Crippen molar-refractivity contribution in [3.05, 3.63) is 50.7 Å². The largest absolute Gasteiger partial charge is 0.384 e. The van der Waals surface area contributed by atoms with Crippen LogP contribution in [0.5, 0.6) is 0 Å². The van der Waals surface area contributed by atoms with E-state index >= 15 is 0 Å². The van der Waals surface area contributed by atoms with Crippen LogP contribution < -0.4 is 5.32 Å². The van der Waals surface area contributed by atoms with Crippen LogP contribution in [0.4, 0.5) is 5.69 Å². The number of carbonyl (C=O) groups is 1. The molecule has 0 radical (unpaired) electrons. The number of rotatable bonds is 2. The smallest absolute Gasteiger partial charge is 0.256 e. The average Bonchev–Trinajstić information content (AvgIpc) is 2.94. The number of aliphatic hydroxyl groups excluding tert-OH is 1. The first kappa shape index (κ1) is 15.1. The van der Waals surface area contributed by atoms with E-state index in [4.69, 9.17) is 22.0 Å². The van der Waals surface area contributed by atoms with E-state index in [-0.39, 0.29) is 12.5 Å². The lowest BCUT2D eigenvalue weighted by atomic mass is 10.2. The van der Waals surface area contributed by atoms with Gasteiger partial charge in [-0.1, -0.05) is 23.4 Å². The fourth-order valence-electron chi connectivity index (χ4n) is 1.56. The summed E-state index contributed by atoms with van der Waals surface area (Å²) in [5.41, 5.74) is 1.14.